The SMILES string of the molecule is ClC=C(Cl)N(C(CCl)=Nc1ccccc1)c1ccccc1. The Hall–Kier alpha value is -1.48. The first-order valence-corrected chi connectivity index (χ1v) is 7.61. The molecule has 2 aromatic carbocycles. The minimum Gasteiger partial charge on any atom is -0.287 e. The van der Waals surface area contributed by atoms with Crippen molar-refractivity contribution in [2.75, 3.05) is 10.8 Å². The smallest absolute Gasteiger partial charge is 0.129 e. The van der Waals surface area contributed by atoms with Gasteiger partial charge in [-0.3, -0.25) is 4.90 Å². The molecular formula is C16H13Cl3N2. The van der Waals surface area contributed by atoms with Crippen LogP contribution in [0.25, 0.3) is 0 Å². The van der Waals surface area contributed by atoms with Crippen LogP contribution < -0.4 is 4.90 Å². The van der Waals surface area contributed by atoms with E-state index < -0.39 is 0 Å². The van der Waals surface area contributed by atoms with E-state index in [1.807, 2.05) is 60.7 Å². The third-order valence-corrected chi connectivity index (χ3v) is 3.55. The summed E-state index contributed by atoms with van der Waals surface area (Å²) < 4.78 is 0. The fourth-order valence-electron chi connectivity index (χ4n) is 1.81. The Kier molecular flexibility index (Phi) is 6.12. The molecule has 0 saturated carbocycles. The van der Waals surface area contributed by atoms with E-state index in [0.717, 1.165) is 11.4 Å². The molecule has 5 heteroatoms. The molecule has 0 fully saturated rings. The first kappa shape index (κ1) is 15.9. The van der Waals surface area contributed by atoms with Crippen LogP contribution >= 0.6 is 34.8 Å². The number of anilines is 1. The van der Waals surface area contributed by atoms with E-state index in [0.29, 0.717) is 11.0 Å². The quantitative estimate of drug-likeness (QED) is 0.300. The number of benzene rings is 2. The zero-order chi connectivity index (χ0) is 15.1. The van der Waals surface area contributed by atoms with Crippen molar-refractivity contribution in [2.24, 2.45) is 4.99 Å². The molecule has 2 rings (SSSR count). The molecule has 2 nitrogen and oxygen atoms in total. The van der Waals surface area contributed by atoms with E-state index in [4.69, 9.17) is 34.8 Å². The summed E-state index contributed by atoms with van der Waals surface area (Å²) in [4.78, 5) is 6.27. The van der Waals surface area contributed by atoms with Gasteiger partial charge in [-0.25, -0.2) is 4.99 Å². The van der Waals surface area contributed by atoms with E-state index in [-0.39, 0.29) is 5.88 Å². The second kappa shape index (κ2) is 8.08. The third kappa shape index (κ3) is 4.24. The van der Waals surface area contributed by atoms with Gasteiger partial charge in [0.2, 0.25) is 0 Å². The van der Waals surface area contributed by atoms with Crippen molar-refractivity contribution < 1.29 is 0 Å². The molecule has 0 aliphatic carbocycles. The van der Waals surface area contributed by atoms with E-state index in [9.17, 15) is 0 Å². The van der Waals surface area contributed by atoms with Crippen molar-refractivity contribution in [1.29, 1.82) is 0 Å². The highest BCUT2D eigenvalue weighted by Crippen LogP contribution is 2.25. The Labute approximate surface area is 139 Å². The van der Waals surface area contributed by atoms with Crippen LogP contribution in [0, 0.1) is 0 Å². The molecule has 0 N–H and O–H groups in total. The van der Waals surface area contributed by atoms with Crippen molar-refractivity contribution in [3.63, 3.8) is 0 Å². The zero-order valence-electron chi connectivity index (χ0n) is 11.1. The molecule has 0 aliphatic heterocycles. The maximum atomic E-state index is 6.22. The van der Waals surface area contributed by atoms with Gasteiger partial charge in [-0.15, -0.1) is 11.6 Å². The van der Waals surface area contributed by atoms with E-state index in [2.05, 4.69) is 4.99 Å². The number of aliphatic imine (C=N–C) groups is 1. The number of rotatable bonds is 4. The van der Waals surface area contributed by atoms with Gasteiger partial charge < -0.3 is 0 Å². The fourth-order valence-corrected chi connectivity index (χ4v) is 2.28. The molecule has 21 heavy (non-hydrogen) atoms. The molecule has 0 aromatic heterocycles. The summed E-state index contributed by atoms with van der Waals surface area (Å²) in [6, 6.07) is 19.1. The van der Waals surface area contributed by atoms with E-state index in [1.165, 1.54) is 5.54 Å². The number of alkyl halides is 1. The van der Waals surface area contributed by atoms with Gasteiger partial charge in [0.25, 0.3) is 0 Å². The second-order valence-corrected chi connectivity index (χ2v) is 4.97. The van der Waals surface area contributed by atoms with Gasteiger partial charge in [0, 0.05) is 11.2 Å². The van der Waals surface area contributed by atoms with Gasteiger partial charge in [-0.1, -0.05) is 59.6 Å². The molecule has 0 heterocycles. The van der Waals surface area contributed by atoms with Crippen LogP contribution in [-0.2, 0) is 0 Å². The number of amidine groups is 1. The van der Waals surface area contributed by atoms with E-state index in [1.54, 1.807) is 4.90 Å². The lowest BCUT2D eigenvalue weighted by Crippen LogP contribution is -2.29. The highest BCUT2D eigenvalue weighted by molar-refractivity contribution is 6.41. The van der Waals surface area contributed by atoms with Gasteiger partial charge in [-0.05, 0) is 24.3 Å². The van der Waals surface area contributed by atoms with E-state index >= 15 is 0 Å². The second-order valence-electron chi connectivity index (χ2n) is 4.10. The van der Waals surface area contributed by atoms with Crippen LogP contribution in [-0.4, -0.2) is 11.7 Å². The first-order valence-electron chi connectivity index (χ1n) is 6.26. The first-order chi connectivity index (χ1) is 10.3. The van der Waals surface area contributed by atoms with Crippen LogP contribution in [0.2, 0.25) is 0 Å². The molecule has 0 amide bonds. The molecule has 0 saturated heterocycles. The van der Waals surface area contributed by atoms with Crippen LogP contribution in [0.15, 0.2) is 76.3 Å². The molecule has 108 valence electrons. The number of nitrogens with zero attached hydrogens (tertiary/aromatic N) is 2. The predicted octanol–water partition coefficient (Wildman–Crippen LogP) is 5.74. The van der Waals surface area contributed by atoms with Gasteiger partial charge in [0.15, 0.2) is 0 Å². The Balaban J connectivity index is 2.46. The summed E-state index contributed by atoms with van der Waals surface area (Å²) in [5.41, 5.74) is 2.93. The normalized spacial score (nSPS) is 12.3. The Bertz CT molecular complexity index is 624. The van der Waals surface area contributed by atoms with Crippen molar-refractivity contribution in [1.82, 2.24) is 0 Å². The number of hydrogen-bond acceptors (Lipinski definition) is 1. The van der Waals surface area contributed by atoms with Crippen LogP contribution in [0.3, 0.4) is 0 Å². The zero-order valence-corrected chi connectivity index (χ0v) is 13.4. The molecule has 0 radical (unpaired) electrons. The average molecular weight is 340 g/mol. The number of para-hydroxylation sites is 2. The monoisotopic (exact) mass is 338 g/mol. The highest BCUT2D eigenvalue weighted by atomic mass is 35.5. The van der Waals surface area contributed by atoms with Gasteiger partial charge in [-0.2, -0.15) is 0 Å². The minimum absolute atomic E-state index is 0.199. The summed E-state index contributed by atoms with van der Waals surface area (Å²) >= 11 is 18.0. The van der Waals surface area contributed by atoms with Crippen LogP contribution in [0.4, 0.5) is 11.4 Å². The average Bonchev–Trinajstić information content (AvgIpc) is 2.56. The fraction of sp³-hybridized carbons (Fsp3) is 0.0625. The molecule has 0 atom stereocenters. The van der Waals surface area contributed by atoms with Crippen LogP contribution in [0.5, 0.6) is 0 Å². The Morgan fingerprint density at radius 2 is 1.57 bits per heavy atom. The maximum Gasteiger partial charge on any atom is 0.129 e. The summed E-state index contributed by atoms with van der Waals surface area (Å²) in [5.74, 6) is 0.793. The molecular weight excluding hydrogens is 327 g/mol. The maximum absolute atomic E-state index is 6.22. The highest BCUT2D eigenvalue weighted by Gasteiger charge is 2.16. The van der Waals surface area contributed by atoms with Gasteiger partial charge in [0.1, 0.15) is 11.0 Å². The predicted molar refractivity (Wildman–Crippen MR) is 93.0 cm³/mol. The summed E-state index contributed by atoms with van der Waals surface area (Å²) in [7, 11) is 0. The van der Waals surface area contributed by atoms with Crippen molar-refractivity contribution in [3.05, 3.63) is 71.4 Å². The molecule has 0 aliphatic rings. The van der Waals surface area contributed by atoms with Crippen molar-refractivity contribution in [3.8, 4) is 0 Å². The molecule has 0 unspecified atom stereocenters. The molecule has 2 aromatic rings. The molecule has 0 bridgehead atoms. The largest absolute Gasteiger partial charge is 0.287 e. The summed E-state index contributed by atoms with van der Waals surface area (Å²) in [5, 5.41) is 0.332. The Morgan fingerprint density at radius 1 is 1.00 bits per heavy atom. The summed E-state index contributed by atoms with van der Waals surface area (Å²) in [6.07, 6.45) is 0. The standard InChI is InChI=1S/C16H13Cl3N2/c17-11-15(19)21(14-9-5-2-6-10-14)16(12-18)20-13-7-3-1-4-8-13/h1-11H,12H2. The lowest BCUT2D eigenvalue weighted by Gasteiger charge is -2.24. The lowest BCUT2D eigenvalue weighted by molar-refractivity contribution is 1.28. The van der Waals surface area contributed by atoms with Crippen LogP contribution in [0.1, 0.15) is 0 Å². The Morgan fingerprint density at radius 3 is 2.10 bits per heavy atom. The van der Waals surface area contributed by atoms with Gasteiger partial charge in [0.05, 0.1) is 11.6 Å². The minimum atomic E-state index is 0.199. The van der Waals surface area contributed by atoms with Crippen molar-refractivity contribution in [2.45, 2.75) is 0 Å². The van der Waals surface area contributed by atoms with Crippen molar-refractivity contribution >= 4 is 52.0 Å². The summed E-state index contributed by atoms with van der Waals surface area (Å²) in [6.45, 7) is 0. The number of hydrogen-bond donors (Lipinski definition) is 0. The third-order valence-electron chi connectivity index (χ3n) is 2.71. The number of halogens is 3. The lowest BCUT2D eigenvalue weighted by atomic mass is 10.3. The van der Waals surface area contributed by atoms with Gasteiger partial charge >= 0.3 is 0 Å². The molecule has 0 spiro atoms. The topological polar surface area (TPSA) is 15.6 Å².